The average Bonchev–Trinajstić information content (AvgIpc) is 3.07. The van der Waals surface area contributed by atoms with Gasteiger partial charge in [0.15, 0.2) is 0 Å². The quantitative estimate of drug-likeness (QED) is 0.881. The van der Waals surface area contributed by atoms with Gasteiger partial charge in [-0.1, -0.05) is 31.2 Å². The van der Waals surface area contributed by atoms with E-state index >= 15 is 0 Å². The van der Waals surface area contributed by atoms with E-state index in [1.54, 1.807) is 18.2 Å². The first-order chi connectivity index (χ1) is 11.0. The van der Waals surface area contributed by atoms with Crippen LogP contribution >= 0.6 is 0 Å². The molecule has 6 nitrogen and oxygen atoms in total. The first-order valence-electron chi connectivity index (χ1n) is 7.61. The summed E-state index contributed by atoms with van der Waals surface area (Å²) in [5, 5.41) is 11.9. The molecule has 0 aromatic heterocycles. The fraction of sp³-hybridized carbons (Fsp3) is 0.353. The van der Waals surface area contributed by atoms with Crippen molar-refractivity contribution in [1.82, 2.24) is 10.2 Å². The molecule has 2 amide bonds. The zero-order valence-corrected chi connectivity index (χ0v) is 12.6. The van der Waals surface area contributed by atoms with Crippen LogP contribution in [0.3, 0.4) is 0 Å². The van der Waals surface area contributed by atoms with Crippen molar-refractivity contribution in [2.45, 2.75) is 25.3 Å². The Morgan fingerprint density at radius 3 is 2.61 bits per heavy atom. The summed E-state index contributed by atoms with van der Waals surface area (Å²) >= 11 is 0. The lowest BCUT2D eigenvalue weighted by molar-refractivity contribution is -0.142. The maximum atomic E-state index is 12.3. The summed E-state index contributed by atoms with van der Waals surface area (Å²) in [6.07, 6.45) is 2.00. The minimum Gasteiger partial charge on any atom is -0.481 e. The van der Waals surface area contributed by atoms with Crippen LogP contribution in [0.2, 0.25) is 0 Å². The number of aliphatic carboxylic acids is 1. The molecule has 2 atom stereocenters. The third-order valence-corrected chi connectivity index (χ3v) is 4.52. The van der Waals surface area contributed by atoms with Gasteiger partial charge < -0.3 is 10.4 Å². The van der Waals surface area contributed by atoms with Gasteiger partial charge in [-0.05, 0) is 18.9 Å². The number of rotatable bonds is 4. The fourth-order valence-corrected chi connectivity index (χ4v) is 3.33. The van der Waals surface area contributed by atoms with E-state index in [4.69, 9.17) is 5.11 Å². The molecule has 0 radical (unpaired) electrons. The predicted octanol–water partition coefficient (Wildman–Crippen LogP) is 1.48. The Kier molecular flexibility index (Phi) is 3.90. The van der Waals surface area contributed by atoms with Crippen LogP contribution in [-0.2, 0) is 9.59 Å². The molecule has 1 aliphatic carbocycles. The Hall–Kier alpha value is -2.63. The second kappa shape index (κ2) is 5.87. The Morgan fingerprint density at radius 2 is 1.96 bits per heavy atom. The van der Waals surface area contributed by atoms with Gasteiger partial charge in [0, 0.05) is 22.9 Å². The van der Waals surface area contributed by atoms with Gasteiger partial charge in [0.25, 0.3) is 5.91 Å². The molecular formula is C17H18N2O4. The topological polar surface area (TPSA) is 86.7 Å². The Morgan fingerprint density at radius 1 is 1.26 bits per heavy atom. The van der Waals surface area contributed by atoms with Gasteiger partial charge in [-0.25, -0.2) is 0 Å². The largest absolute Gasteiger partial charge is 0.481 e. The third kappa shape index (κ3) is 2.72. The lowest BCUT2D eigenvalue weighted by atomic mass is 10.0. The standard InChI is InChI=1S/C17H18N2O4/c1-10-11-5-2-3-6-12(11)16(21)19(10)9-15(20)18-14-8-4-7-13(14)17(22)23/h2-3,5-6,13-14H,1,4,7-9H2,(H,18,20)(H,22,23)/t13-,14+/m1/s1. The van der Waals surface area contributed by atoms with Gasteiger partial charge in [0.2, 0.25) is 5.91 Å². The molecule has 2 aliphatic rings. The highest BCUT2D eigenvalue weighted by Crippen LogP contribution is 2.31. The van der Waals surface area contributed by atoms with E-state index in [9.17, 15) is 14.4 Å². The van der Waals surface area contributed by atoms with Crippen LogP contribution in [-0.4, -0.2) is 40.4 Å². The van der Waals surface area contributed by atoms with Crippen LogP contribution in [0.1, 0.15) is 35.2 Å². The van der Waals surface area contributed by atoms with Crippen molar-refractivity contribution >= 4 is 23.5 Å². The summed E-state index contributed by atoms with van der Waals surface area (Å²) in [6, 6.07) is 6.72. The lowest BCUT2D eigenvalue weighted by Gasteiger charge is -2.21. The van der Waals surface area contributed by atoms with E-state index in [-0.39, 0.29) is 24.4 Å². The van der Waals surface area contributed by atoms with Gasteiger partial charge in [-0.2, -0.15) is 0 Å². The molecule has 1 heterocycles. The number of benzene rings is 1. The molecule has 0 unspecified atom stereocenters. The molecule has 2 N–H and O–H groups in total. The number of fused-ring (bicyclic) bond motifs is 1. The highest BCUT2D eigenvalue weighted by Gasteiger charge is 2.36. The number of nitrogens with one attached hydrogen (secondary N) is 1. The zero-order valence-electron chi connectivity index (χ0n) is 12.6. The molecule has 0 saturated heterocycles. The first kappa shape index (κ1) is 15.3. The summed E-state index contributed by atoms with van der Waals surface area (Å²) in [6.45, 7) is 3.74. The van der Waals surface area contributed by atoms with Crippen LogP contribution in [0.4, 0.5) is 0 Å². The highest BCUT2D eigenvalue weighted by molar-refractivity contribution is 6.10. The molecule has 1 aliphatic heterocycles. The zero-order chi connectivity index (χ0) is 16.6. The van der Waals surface area contributed by atoms with Crippen molar-refractivity contribution in [1.29, 1.82) is 0 Å². The number of hydrogen-bond acceptors (Lipinski definition) is 3. The first-order valence-corrected chi connectivity index (χ1v) is 7.61. The molecule has 0 bridgehead atoms. The smallest absolute Gasteiger partial charge is 0.308 e. The minimum absolute atomic E-state index is 0.144. The number of amides is 2. The Bertz CT molecular complexity index is 663. The number of hydrogen-bond donors (Lipinski definition) is 2. The van der Waals surface area contributed by atoms with Crippen molar-refractivity contribution in [2.75, 3.05) is 6.54 Å². The van der Waals surface area contributed by atoms with Gasteiger partial charge >= 0.3 is 5.97 Å². The number of carbonyl (C=O) groups is 3. The SMILES string of the molecule is C=C1c2ccccc2C(=O)N1CC(=O)N[C@H]1CCC[C@H]1C(=O)O. The van der Waals surface area contributed by atoms with Crippen molar-refractivity contribution < 1.29 is 19.5 Å². The fourth-order valence-electron chi connectivity index (χ4n) is 3.33. The van der Waals surface area contributed by atoms with E-state index in [2.05, 4.69) is 11.9 Å². The second-order valence-corrected chi connectivity index (χ2v) is 5.93. The summed E-state index contributed by atoms with van der Waals surface area (Å²) in [4.78, 5) is 37.1. The van der Waals surface area contributed by atoms with Crippen LogP contribution in [0.15, 0.2) is 30.8 Å². The van der Waals surface area contributed by atoms with Crippen LogP contribution in [0, 0.1) is 5.92 Å². The van der Waals surface area contributed by atoms with Gasteiger partial charge in [-0.3, -0.25) is 19.3 Å². The third-order valence-electron chi connectivity index (χ3n) is 4.52. The van der Waals surface area contributed by atoms with Gasteiger partial charge in [0.05, 0.1) is 5.92 Å². The summed E-state index contributed by atoms with van der Waals surface area (Å²) in [7, 11) is 0. The van der Waals surface area contributed by atoms with Crippen LogP contribution < -0.4 is 5.32 Å². The molecule has 1 saturated carbocycles. The van der Waals surface area contributed by atoms with E-state index in [0.29, 0.717) is 24.1 Å². The number of carbonyl (C=O) groups excluding carboxylic acids is 2. The highest BCUT2D eigenvalue weighted by atomic mass is 16.4. The molecular weight excluding hydrogens is 296 g/mol. The summed E-state index contributed by atoms with van der Waals surface area (Å²) in [5.74, 6) is -2.04. The Labute approximate surface area is 133 Å². The van der Waals surface area contributed by atoms with E-state index < -0.39 is 11.9 Å². The lowest BCUT2D eigenvalue weighted by Crippen LogP contribution is -2.44. The molecule has 1 fully saturated rings. The van der Waals surface area contributed by atoms with Gasteiger partial charge in [-0.15, -0.1) is 0 Å². The molecule has 23 heavy (non-hydrogen) atoms. The van der Waals surface area contributed by atoms with Crippen molar-refractivity contribution in [2.24, 2.45) is 5.92 Å². The van der Waals surface area contributed by atoms with Crippen molar-refractivity contribution in [3.05, 3.63) is 42.0 Å². The van der Waals surface area contributed by atoms with E-state index in [1.165, 1.54) is 4.90 Å². The predicted molar refractivity (Wildman–Crippen MR) is 83.4 cm³/mol. The molecule has 120 valence electrons. The maximum Gasteiger partial charge on any atom is 0.308 e. The average molecular weight is 314 g/mol. The maximum absolute atomic E-state index is 12.3. The molecule has 3 rings (SSSR count). The molecule has 6 heteroatoms. The number of carboxylic acid groups (broad SMARTS) is 1. The summed E-state index contributed by atoms with van der Waals surface area (Å²) < 4.78 is 0. The van der Waals surface area contributed by atoms with Crippen LogP contribution in [0.5, 0.6) is 0 Å². The minimum atomic E-state index is -0.887. The molecule has 1 aromatic rings. The van der Waals surface area contributed by atoms with Gasteiger partial charge in [0.1, 0.15) is 6.54 Å². The second-order valence-electron chi connectivity index (χ2n) is 5.93. The number of nitrogens with zero attached hydrogens (tertiary/aromatic N) is 1. The number of carboxylic acids is 1. The molecule has 1 aromatic carbocycles. The van der Waals surface area contributed by atoms with E-state index in [1.807, 2.05) is 6.07 Å². The normalized spacial score (nSPS) is 23.0. The van der Waals surface area contributed by atoms with Crippen LogP contribution in [0.25, 0.3) is 5.70 Å². The monoisotopic (exact) mass is 314 g/mol. The van der Waals surface area contributed by atoms with Crippen molar-refractivity contribution in [3.8, 4) is 0 Å². The summed E-state index contributed by atoms with van der Waals surface area (Å²) in [5.41, 5.74) is 1.77. The van der Waals surface area contributed by atoms with Crippen molar-refractivity contribution in [3.63, 3.8) is 0 Å². The Balaban J connectivity index is 1.66. The van der Waals surface area contributed by atoms with E-state index in [0.717, 1.165) is 12.0 Å². The molecule has 0 spiro atoms.